The number of phenolic OH excluding ortho intramolecular Hbond substituents is 1. The lowest BCUT2D eigenvalue weighted by atomic mass is 9.89. The molecule has 0 spiro atoms. The predicted molar refractivity (Wildman–Crippen MR) is 209 cm³/mol. The fourth-order valence-corrected chi connectivity index (χ4v) is 8.46. The first-order valence-corrected chi connectivity index (χ1v) is 17.6. The maximum absolute atomic E-state index is 11.4. The summed E-state index contributed by atoms with van der Waals surface area (Å²) in [6.07, 6.45) is 6.61. The van der Waals surface area contributed by atoms with Crippen LogP contribution in [0.2, 0.25) is 0 Å². The van der Waals surface area contributed by atoms with Crippen LogP contribution in [0.3, 0.4) is 0 Å². The van der Waals surface area contributed by atoms with E-state index in [1.54, 1.807) is 6.07 Å². The topological polar surface area (TPSA) is 23.5 Å². The van der Waals surface area contributed by atoms with Crippen molar-refractivity contribution in [2.45, 2.75) is 12.8 Å². The maximum atomic E-state index is 11.4. The number of hydrogen-bond donors (Lipinski definition) is 1. The Morgan fingerprint density at radius 2 is 1.29 bits per heavy atom. The Morgan fingerprint density at radius 3 is 2.18 bits per heavy atom. The molecule has 1 aliphatic carbocycles. The van der Waals surface area contributed by atoms with Gasteiger partial charge in [-0.05, 0) is 100 Å². The standard InChI is InChI=1S/C46H33NOS/c48-43-21-10-20-42(46(43)33-12-2-1-3-13-33)47(37-16-8-15-35(29-37)39-19-9-14-32-11-4-5-17-38(32)39)36-26-23-31(24-27-36)34-25-28-41-40-18-6-7-22-44(40)49-45(41)30-34/h1-4,6-16,18-30,48H,5,17H2. The van der Waals surface area contributed by atoms with Crippen molar-refractivity contribution in [2.24, 2.45) is 0 Å². The number of anilines is 3. The molecule has 0 fully saturated rings. The summed E-state index contributed by atoms with van der Waals surface area (Å²) in [7, 11) is 0. The number of thiophene rings is 1. The van der Waals surface area contributed by atoms with E-state index in [2.05, 4.69) is 144 Å². The number of rotatable bonds is 6. The Morgan fingerprint density at radius 1 is 0.531 bits per heavy atom. The molecule has 49 heavy (non-hydrogen) atoms. The molecule has 2 nitrogen and oxygen atoms in total. The van der Waals surface area contributed by atoms with E-state index in [0.717, 1.165) is 41.0 Å². The van der Waals surface area contributed by atoms with E-state index >= 15 is 0 Å². The van der Waals surface area contributed by atoms with Crippen LogP contribution < -0.4 is 4.90 Å². The van der Waals surface area contributed by atoms with Gasteiger partial charge in [0.2, 0.25) is 0 Å². The van der Waals surface area contributed by atoms with E-state index in [1.807, 2.05) is 35.6 Å². The van der Waals surface area contributed by atoms with Gasteiger partial charge >= 0.3 is 0 Å². The first-order valence-electron chi connectivity index (χ1n) is 16.8. The van der Waals surface area contributed by atoms with Crippen LogP contribution in [-0.4, -0.2) is 5.11 Å². The zero-order valence-corrected chi connectivity index (χ0v) is 27.7. The zero-order valence-electron chi connectivity index (χ0n) is 26.9. The quantitative estimate of drug-likeness (QED) is 0.194. The highest BCUT2D eigenvalue weighted by molar-refractivity contribution is 7.25. The van der Waals surface area contributed by atoms with E-state index in [0.29, 0.717) is 0 Å². The third-order valence-electron chi connectivity index (χ3n) is 9.65. The van der Waals surface area contributed by atoms with Crippen LogP contribution in [0, 0.1) is 0 Å². The van der Waals surface area contributed by atoms with Gasteiger partial charge in [-0.2, -0.15) is 0 Å². The van der Waals surface area contributed by atoms with Crippen LogP contribution in [0.5, 0.6) is 5.75 Å². The van der Waals surface area contributed by atoms with E-state index in [-0.39, 0.29) is 5.75 Å². The molecule has 0 saturated carbocycles. The lowest BCUT2D eigenvalue weighted by Gasteiger charge is -2.29. The Balaban J connectivity index is 1.18. The van der Waals surface area contributed by atoms with Gasteiger partial charge in [0.25, 0.3) is 0 Å². The molecule has 0 aliphatic heterocycles. The fraction of sp³-hybridized carbons (Fsp3) is 0.0435. The summed E-state index contributed by atoms with van der Waals surface area (Å²) in [5, 5.41) is 14.0. The van der Waals surface area contributed by atoms with Crippen molar-refractivity contribution < 1.29 is 5.11 Å². The Kier molecular flexibility index (Phi) is 7.33. The summed E-state index contributed by atoms with van der Waals surface area (Å²) in [5.41, 5.74) is 12.3. The number of hydrogen-bond acceptors (Lipinski definition) is 3. The van der Waals surface area contributed by atoms with Crippen LogP contribution >= 0.6 is 11.3 Å². The van der Waals surface area contributed by atoms with Gasteiger partial charge in [0, 0.05) is 37.1 Å². The predicted octanol–water partition coefficient (Wildman–Crippen LogP) is 13.2. The number of benzene rings is 7. The van der Waals surface area contributed by atoms with E-state index < -0.39 is 0 Å². The molecule has 0 bridgehead atoms. The number of phenols is 1. The van der Waals surface area contributed by atoms with Crippen molar-refractivity contribution in [3.8, 4) is 39.1 Å². The summed E-state index contributed by atoms with van der Waals surface area (Å²) >= 11 is 1.85. The molecule has 0 unspecified atom stereocenters. The largest absolute Gasteiger partial charge is 0.507 e. The molecule has 9 rings (SSSR count). The summed E-state index contributed by atoms with van der Waals surface area (Å²) in [5.74, 6) is 0.252. The molecule has 7 aromatic carbocycles. The van der Waals surface area contributed by atoms with E-state index in [9.17, 15) is 5.11 Å². The molecule has 1 N–H and O–H groups in total. The zero-order chi connectivity index (χ0) is 32.7. The number of aromatic hydroxyl groups is 1. The van der Waals surface area contributed by atoms with E-state index in [4.69, 9.17) is 0 Å². The Hall–Kier alpha value is -5.90. The number of nitrogens with zero attached hydrogens (tertiary/aromatic N) is 1. The van der Waals surface area contributed by atoms with Crippen LogP contribution in [0.4, 0.5) is 17.1 Å². The molecular weight excluding hydrogens is 615 g/mol. The molecule has 1 aromatic heterocycles. The van der Waals surface area contributed by atoms with Gasteiger partial charge < -0.3 is 10.0 Å². The molecule has 3 heteroatoms. The van der Waals surface area contributed by atoms with Crippen LogP contribution in [0.1, 0.15) is 17.5 Å². The number of allylic oxidation sites excluding steroid dienone is 1. The minimum absolute atomic E-state index is 0.252. The Bertz CT molecular complexity index is 2510. The highest BCUT2D eigenvalue weighted by Gasteiger charge is 2.21. The van der Waals surface area contributed by atoms with Crippen LogP contribution in [-0.2, 0) is 6.42 Å². The molecule has 1 heterocycles. The minimum atomic E-state index is 0.252. The smallest absolute Gasteiger partial charge is 0.125 e. The second kappa shape index (κ2) is 12.3. The van der Waals surface area contributed by atoms with Gasteiger partial charge in [-0.3, -0.25) is 0 Å². The summed E-state index contributed by atoms with van der Waals surface area (Å²) in [4.78, 5) is 2.28. The van der Waals surface area contributed by atoms with Gasteiger partial charge in [-0.15, -0.1) is 11.3 Å². The molecule has 234 valence electrons. The van der Waals surface area contributed by atoms with Gasteiger partial charge in [-0.25, -0.2) is 0 Å². The first kappa shape index (κ1) is 29.3. The van der Waals surface area contributed by atoms with Crippen molar-refractivity contribution in [1.29, 1.82) is 0 Å². The monoisotopic (exact) mass is 647 g/mol. The normalized spacial score (nSPS) is 12.3. The van der Waals surface area contributed by atoms with Crippen molar-refractivity contribution in [1.82, 2.24) is 0 Å². The maximum Gasteiger partial charge on any atom is 0.125 e. The molecule has 0 amide bonds. The molecular formula is C46H33NOS. The van der Waals surface area contributed by atoms with Gasteiger partial charge in [0.15, 0.2) is 0 Å². The molecule has 8 aromatic rings. The lowest BCUT2D eigenvalue weighted by Crippen LogP contribution is -2.11. The van der Waals surface area contributed by atoms with Crippen molar-refractivity contribution in [3.05, 3.63) is 175 Å². The third kappa shape index (κ3) is 5.29. The lowest BCUT2D eigenvalue weighted by molar-refractivity contribution is 0.477. The SMILES string of the molecule is Oc1cccc(N(c2ccc(-c3ccc4c(c3)sc3ccccc34)cc2)c2cccc(-c3cccc4c3CCC=C4)c2)c1-c1ccccc1. The average Bonchev–Trinajstić information content (AvgIpc) is 3.54. The van der Waals surface area contributed by atoms with Crippen LogP contribution in [0.25, 0.3) is 59.6 Å². The summed E-state index contributed by atoms with van der Waals surface area (Å²) in [6.45, 7) is 0. The van der Waals surface area contributed by atoms with Gasteiger partial charge in [0.05, 0.1) is 5.69 Å². The van der Waals surface area contributed by atoms with Crippen molar-refractivity contribution >= 4 is 54.6 Å². The molecule has 0 atom stereocenters. The second-order valence-corrected chi connectivity index (χ2v) is 13.7. The van der Waals surface area contributed by atoms with Crippen molar-refractivity contribution in [2.75, 3.05) is 4.90 Å². The third-order valence-corrected chi connectivity index (χ3v) is 10.8. The fourth-order valence-electron chi connectivity index (χ4n) is 7.31. The molecule has 0 radical (unpaired) electrons. The minimum Gasteiger partial charge on any atom is -0.507 e. The first-order chi connectivity index (χ1) is 24.2. The summed E-state index contributed by atoms with van der Waals surface area (Å²) < 4.78 is 2.61. The highest BCUT2D eigenvalue weighted by Crippen LogP contribution is 2.46. The van der Waals surface area contributed by atoms with Gasteiger partial charge in [-0.1, -0.05) is 121 Å². The highest BCUT2D eigenvalue weighted by atomic mass is 32.1. The second-order valence-electron chi connectivity index (χ2n) is 12.6. The number of fused-ring (bicyclic) bond motifs is 4. The molecule has 1 aliphatic rings. The molecule has 0 saturated heterocycles. The van der Waals surface area contributed by atoms with Gasteiger partial charge in [0.1, 0.15) is 5.75 Å². The van der Waals surface area contributed by atoms with Crippen LogP contribution in [0.15, 0.2) is 164 Å². The van der Waals surface area contributed by atoms with Crippen molar-refractivity contribution in [3.63, 3.8) is 0 Å². The summed E-state index contributed by atoms with van der Waals surface area (Å²) in [6, 6.07) is 55.7. The Labute approximate surface area is 290 Å². The van der Waals surface area contributed by atoms with E-state index in [1.165, 1.54) is 53.6 Å². The average molecular weight is 648 g/mol.